The summed E-state index contributed by atoms with van der Waals surface area (Å²) in [6.07, 6.45) is 1.13. The summed E-state index contributed by atoms with van der Waals surface area (Å²) in [5.74, 6) is -1.48. The SMILES string of the molecule is O=C(O)C1CN(C(=O)CCc2ccsc2)Cc2ccccc21. The summed E-state index contributed by atoms with van der Waals surface area (Å²) in [7, 11) is 0. The Morgan fingerprint density at radius 3 is 2.82 bits per heavy atom. The molecule has 0 saturated heterocycles. The highest BCUT2D eigenvalue weighted by molar-refractivity contribution is 7.07. The summed E-state index contributed by atoms with van der Waals surface area (Å²) in [6.45, 7) is 0.761. The Kier molecular flexibility index (Phi) is 4.24. The lowest BCUT2D eigenvalue weighted by molar-refractivity contribution is -0.141. The normalized spacial score (nSPS) is 17.1. The minimum atomic E-state index is -0.872. The number of aliphatic carboxylic acids is 1. The van der Waals surface area contributed by atoms with Crippen LogP contribution in [0.5, 0.6) is 0 Å². The zero-order valence-electron chi connectivity index (χ0n) is 12.1. The maximum atomic E-state index is 12.4. The van der Waals surface area contributed by atoms with Crippen molar-refractivity contribution in [3.8, 4) is 0 Å². The van der Waals surface area contributed by atoms with Crippen LogP contribution < -0.4 is 0 Å². The van der Waals surface area contributed by atoms with Crippen molar-refractivity contribution in [3.05, 3.63) is 57.8 Å². The molecule has 0 aliphatic carbocycles. The highest BCUT2D eigenvalue weighted by Gasteiger charge is 2.32. The van der Waals surface area contributed by atoms with Gasteiger partial charge in [0.1, 0.15) is 0 Å². The molecule has 1 amide bonds. The van der Waals surface area contributed by atoms with Crippen molar-refractivity contribution in [2.75, 3.05) is 6.54 Å². The van der Waals surface area contributed by atoms with Crippen LogP contribution in [0.2, 0.25) is 0 Å². The van der Waals surface area contributed by atoms with E-state index in [2.05, 4.69) is 0 Å². The smallest absolute Gasteiger partial charge is 0.312 e. The number of carboxylic acids is 1. The number of benzene rings is 1. The van der Waals surface area contributed by atoms with Crippen molar-refractivity contribution in [2.24, 2.45) is 0 Å². The van der Waals surface area contributed by atoms with Crippen LogP contribution in [0.3, 0.4) is 0 Å². The number of fused-ring (bicyclic) bond motifs is 1. The van der Waals surface area contributed by atoms with Crippen LogP contribution in [0, 0.1) is 0 Å². The lowest BCUT2D eigenvalue weighted by Crippen LogP contribution is -2.40. The molecule has 1 unspecified atom stereocenters. The molecule has 0 fully saturated rings. The third kappa shape index (κ3) is 3.04. The standard InChI is InChI=1S/C17H17NO3S/c19-16(6-5-12-7-8-22-11-12)18-9-13-3-1-2-4-14(13)15(10-18)17(20)21/h1-4,7-8,11,15H,5-6,9-10H2,(H,20,21). The van der Waals surface area contributed by atoms with Crippen LogP contribution in [0.25, 0.3) is 0 Å². The Morgan fingerprint density at radius 1 is 1.27 bits per heavy atom. The number of thiophene rings is 1. The van der Waals surface area contributed by atoms with Crippen molar-refractivity contribution in [1.29, 1.82) is 0 Å². The molecule has 1 N–H and O–H groups in total. The third-order valence-electron chi connectivity index (χ3n) is 4.05. The number of hydrogen-bond acceptors (Lipinski definition) is 3. The van der Waals surface area contributed by atoms with Gasteiger partial charge in [-0.05, 0) is 39.9 Å². The largest absolute Gasteiger partial charge is 0.481 e. The number of amides is 1. The number of rotatable bonds is 4. The van der Waals surface area contributed by atoms with Gasteiger partial charge in [-0.1, -0.05) is 24.3 Å². The van der Waals surface area contributed by atoms with Gasteiger partial charge in [0.15, 0.2) is 0 Å². The van der Waals surface area contributed by atoms with Gasteiger partial charge in [0.25, 0.3) is 0 Å². The quantitative estimate of drug-likeness (QED) is 0.944. The van der Waals surface area contributed by atoms with Crippen molar-refractivity contribution in [1.82, 2.24) is 4.90 Å². The molecule has 0 bridgehead atoms. The Bertz CT molecular complexity index is 681. The van der Waals surface area contributed by atoms with Gasteiger partial charge in [0.2, 0.25) is 5.91 Å². The minimum absolute atomic E-state index is 0.0203. The second kappa shape index (κ2) is 6.32. The Morgan fingerprint density at radius 2 is 2.09 bits per heavy atom. The summed E-state index contributed by atoms with van der Waals surface area (Å²) in [5.41, 5.74) is 2.92. The molecule has 0 spiro atoms. The molecule has 2 aromatic rings. The second-order valence-corrected chi connectivity index (χ2v) is 6.28. The van der Waals surface area contributed by atoms with Gasteiger partial charge >= 0.3 is 5.97 Å². The van der Waals surface area contributed by atoms with Crippen molar-refractivity contribution in [2.45, 2.75) is 25.3 Å². The van der Waals surface area contributed by atoms with E-state index in [9.17, 15) is 14.7 Å². The predicted molar refractivity (Wildman–Crippen MR) is 84.9 cm³/mol. The van der Waals surface area contributed by atoms with Gasteiger partial charge in [-0.3, -0.25) is 9.59 Å². The first-order valence-corrected chi connectivity index (χ1v) is 8.19. The lowest BCUT2D eigenvalue weighted by atomic mass is 9.89. The highest BCUT2D eigenvalue weighted by Crippen LogP contribution is 2.29. The molecule has 1 aliphatic rings. The number of nitrogens with zero attached hydrogens (tertiary/aromatic N) is 1. The van der Waals surface area contributed by atoms with E-state index >= 15 is 0 Å². The molecule has 3 rings (SSSR count). The van der Waals surface area contributed by atoms with Gasteiger partial charge in [-0.15, -0.1) is 0 Å². The van der Waals surface area contributed by atoms with Gasteiger partial charge < -0.3 is 10.0 Å². The van der Waals surface area contributed by atoms with Crippen LogP contribution in [0.1, 0.15) is 29.0 Å². The molecule has 0 radical (unpaired) electrons. The van der Waals surface area contributed by atoms with E-state index in [1.165, 1.54) is 0 Å². The molecular formula is C17H17NO3S. The molecule has 1 aromatic carbocycles. The fourth-order valence-corrected chi connectivity index (χ4v) is 3.56. The van der Waals surface area contributed by atoms with E-state index in [4.69, 9.17) is 0 Å². The molecule has 5 heteroatoms. The molecule has 1 aromatic heterocycles. The van der Waals surface area contributed by atoms with Crippen LogP contribution in [0.4, 0.5) is 0 Å². The van der Waals surface area contributed by atoms with Crippen LogP contribution in [0.15, 0.2) is 41.1 Å². The van der Waals surface area contributed by atoms with Crippen LogP contribution >= 0.6 is 11.3 Å². The summed E-state index contributed by atoms with van der Waals surface area (Å²) in [6, 6.07) is 9.51. The lowest BCUT2D eigenvalue weighted by Gasteiger charge is -2.33. The van der Waals surface area contributed by atoms with Crippen molar-refractivity contribution >= 4 is 23.2 Å². The molecule has 2 heterocycles. The topological polar surface area (TPSA) is 57.6 Å². The first-order chi connectivity index (χ1) is 10.6. The molecule has 22 heavy (non-hydrogen) atoms. The van der Waals surface area contributed by atoms with Gasteiger partial charge in [0.05, 0.1) is 5.92 Å². The number of aryl methyl sites for hydroxylation is 1. The number of carbonyl (C=O) groups excluding carboxylic acids is 1. The van der Waals surface area contributed by atoms with Crippen LogP contribution in [-0.2, 0) is 22.6 Å². The molecule has 1 atom stereocenters. The van der Waals surface area contributed by atoms with Gasteiger partial charge in [-0.2, -0.15) is 11.3 Å². The summed E-state index contributed by atoms with van der Waals surface area (Å²) < 4.78 is 0. The van der Waals surface area contributed by atoms with Crippen LogP contribution in [-0.4, -0.2) is 28.4 Å². The monoisotopic (exact) mass is 315 g/mol. The Balaban J connectivity index is 1.73. The highest BCUT2D eigenvalue weighted by atomic mass is 32.1. The third-order valence-corrected chi connectivity index (χ3v) is 4.79. The van der Waals surface area contributed by atoms with E-state index in [0.717, 1.165) is 16.7 Å². The molecule has 114 valence electrons. The van der Waals surface area contributed by atoms with E-state index < -0.39 is 11.9 Å². The maximum absolute atomic E-state index is 12.4. The summed E-state index contributed by atoms with van der Waals surface area (Å²) >= 11 is 1.62. The summed E-state index contributed by atoms with van der Waals surface area (Å²) in [5, 5.41) is 13.5. The number of carbonyl (C=O) groups is 2. The zero-order valence-corrected chi connectivity index (χ0v) is 12.9. The Labute approximate surface area is 133 Å². The minimum Gasteiger partial charge on any atom is -0.481 e. The first kappa shape index (κ1) is 14.8. The fourth-order valence-electron chi connectivity index (χ4n) is 2.85. The van der Waals surface area contributed by atoms with Gasteiger partial charge in [-0.25, -0.2) is 0 Å². The van der Waals surface area contributed by atoms with Crippen molar-refractivity contribution in [3.63, 3.8) is 0 Å². The molecular weight excluding hydrogens is 298 g/mol. The van der Waals surface area contributed by atoms with Crippen molar-refractivity contribution < 1.29 is 14.7 Å². The first-order valence-electron chi connectivity index (χ1n) is 7.24. The zero-order chi connectivity index (χ0) is 15.5. The fraction of sp³-hybridized carbons (Fsp3) is 0.294. The average Bonchev–Trinajstić information content (AvgIpc) is 3.04. The summed E-state index contributed by atoms with van der Waals surface area (Å²) in [4.78, 5) is 25.6. The number of hydrogen-bond donors (Lipinski definition) is 1. The average molecular weight is 315 g/mol. The van der Waals surface area contributed by atoms with E-state index in [1.54, 1.807) is 16.2 Å². The molecule has 1 aliphatic heterocycles. The Hall–Kier alpha value is -2.14. The molecule has 4 nitrogen and oxygen atoms in total. The van der Waals surface area contributed by atoms with Gasteiger partial charge in [0, 0.05) is 19.5 Å². The predicted octanol–water partition coefficient (Wildman–Crippen LogP) is 2.89. The maximum Gasteiger partial charge on any atom is 0.312 e. The molecule has 0 saturated carbocycles. The number of carboxylic acid groups (broad SMARTS) is 1. The second-order valence-electron chi connectivity index (χ2n) is 5.50. The van der Waals surface area contributed by atoms with E-state index in [-0.39, 0.29) is 12.5 Å². The van der Waals surface area contributed by atoms with E-state index in [0.29, 0.717) is 19.4 Å². The van der Waals surface area contributed by atoms with E-state index in [1.807, 2.05) is 41.1 Å².